The van der Waals surface area contributed by atoms with Crippen LogP contribution in [0.5, 0.6) is 0 Å². The van der Waals surface area contributed by atoms with Crippen LogP contribution in [-0.2, 0) is 38.8 Å². The van der Waals surface area contributed by atoms with Crippen molar-refractivity contribution >= 4 is 23.8 Å². The summed E-state index contributed by atoms with van der Waals surface area (Å²) in [5.41, 5.74) is -1.53. The quantitative estimate of drug-likeness (QED) is 0.441. The number of rotatable bonds is 6. The summed E-state index contributed by atoms with van der Waals surface area (Å²) in [5.74, 6) is -4.02. The van der Waals surface area contributed by atoms with Crippen molar-refractivity contribution in [3.63, 3.8) is 0 Å². The zero-order valence-corrected chi connectivity index (χ0v) is 14.8. The van der Waals surface area contributed by atoms with E-state index in [1.54, 1.807) is 37.3 Å². The lowest BCUT2D eigenvalue weighted by atomic mass is 9.68. The fourth-order valence-electron chi connectivity index (χ4n) is 3.31. The monoisotopic (exact) mass is 363 g/mol. The fourth-order valence-corrected chi connectivity index (χ4v) is 3.31. The van der Waals surface area contributed by atoms with E-state index in [0.717, 1.165) is 7.11 Å². The van der Waals surface area contributed by atoms with Crippen LogP contribution >= 0.6 is 0 Å². The van der Waals surface area contributed by atoms with Crippen molar-refractivity contribution in [2.45, 2.75) is 24.8 Å². The molecule has 0 aromatic heterocycles. The molecule has 1 aliphatic heterocycles. The molecule has 3 atom stereocenters. The van der Waals surface area contributed by atoms with Gasteiger partial charge in [0.25, 0.3) is 0 Å². The zero-order chi connectivity index (χ0) is 19.3. The summed E-state index contributed by atoms with van der Waals surface area (Å²) in [6.45, 7) is 1.64. The van der Waals surface area contributed by atoms with Gasteiger partial charge in [0.15, 0.2) is 5.41 Å². The third kappa shape index (κ3) is 3.14. The topological polar surface area (TPSA) is 108 Å². The van der Waals surface area contributed by atoms with E-state index >= 15 is 0 Å². The SMILES string of the molecule is CCOC(=O)[C@@]1(c2ccccc2)C(=O)N[C@H](C(=O)OC)[C@H]1CC(=O)OC. The molecule has 0 bridgehead atoms. The second-order valence-electron chi connectivity index (χ2n) is 5.76. The number of ether oxygens (including phenoxy) is 3. The Balaban J connectivity index is 2.67. The molecule has 8 nitrogen and oxygen atoms in total. The van der Waals surface area contributed by atoms with Gasteiger partial charge in [0, 0.05) is 5.92 Å². The molecular formula is C18H21NO7. The van der Waals surface area contributed by atoms with Gasteiger partial charge in [-0.1, -0.05) is 30.3 Å². The van der Waals surface area contributed by atoms with Gasteiger partial charge in [-0.3, -0.25) is 14.4 Å². The van der Waals surface area contributed by atoms with Crippen molar-refractivity contribution in [3.05, 3.63) is 35.9 Å². The van der Waals surface area contributed by atoms with E-state index in [1.165, 1.54) is 7.11 Å². The van der Waals surface area contributed by atoms with Gasteiger partial charge in [-0.15, -0.1) is 0 Å². The number of methoxy groups -OCH3 is 2. The Labute approximate surface area is 150 Å². The molecule has 1 aromatic carbocycles. The van der Waals surface area contributed by atoms with E-state index in [9.17, 15) is 19.2 Å². The molecule has 1 aliphatic rings. The first-order chi connectivity index (χ1) is 12.4. The maximum Gasteiger partial charge on any atom is 0.328 e. The first-order valence-electron chi connectivity index (χ1n) is 8.11. The van der Waals surface area contributed by atoms with Crippen LogP contribution < -0.4 is 5.32 Å². The Morgan fingerprint density at radius 3 is 2.31 bits per heavy atom. The van der Waals surface area contributed by atoms with Gasteiger partial charge in [-0.05, 0) is 12.5 Å². The van der Waals surface area contributed by atoms with E-state index in [-0.39, 0.29) is 13.0 Å². The van der Waals surface area contributed by atoms with Crippen LogP contribution in [0.3, 0.4) is 0 Å². The van der Waals surface area contributed by atoms with E-state index in [4.69, 9.17) is 14.2 Å². The van der Waals surface area contributed by atoms with E-state index < -0.39 is 41.2 Å². The largest absolute Gasteiger partial charge is 0.469 e. The van der Waals surface area contributed by atoms with Crippen molar-refractivity contribution < 1.29 is 33.4 Å². The van der Waals surface area contributed by atoms with Gasteiger partial charge in [-0.25, -0.2) is 4.79 Å². The van der Waals surface area contributed by atoms with Crippen molar-refractivity contribution in [3.8, 4) is 0 Å². The number of carbonyl (C=O) groups excluding carboxylic acids is 4. The number of carbonyl (C=O) groups is 4. The first-order valence-corrected chi connectivity index (χ1v) is 8.11. The highest BCUT2D eigenvalue weighted by Gasteiger charge is 2.64. The van der Waals surface area contributed by atoms with Crippen LogP contribution in [0.25, 0.3) is 0 Å². The number of esters is 3. The maximum atomic E-state index is 13.0. The van der Waals surface area contributed by atoms with Crippen LogP contribution in [0, 0.1) is 5.92 Å². The van der Waals surface area contributed by atoms with Crippen molar-refractivity contribution in [1.82, 2.24) is 5.32 Å². The highest BCUT2D eigenvalue weighted by Crippen LogP contribution is 2.43. The summed E-state index contributed by atoms with van der Waals surface area (Å²) >= 11 is 0. The molecule has 8 heteroatoms. The molecule has 1 aromatic rings. The lowest BCUT2D eigenvalue weighted by Crippen LogP contribution is -2.49. The highest BCUT2D eigenvalue weighted by atomic mass is 16.5. The Bertz CT molecular complexity index is 703. The number of nitrogens with one attached hydrogen (secondary N) is 1. The summed E-state index contributed by atoms with van der Waals surface area (Å²) in [6.07, 6.45) is -0.345. The minimum atomic E-state index is -1.86. The Hall–Kier alpha value is -2.90. The smallest absolute Gasteiger partial charge is 0.328 e. The molecule has 0 unspecified atom stereocenters. The molecule has 1 amide bonds. The molecule has 1 N–H and O–H groups in total. The maximum absolute atomic E-state index is 13.0. The minimum absolute atomic E-state index is 0.0362. The van der Waals surface area contributed by atoms with Gasteiger partial charge in [0.1, 0.15) is 6.04 Å². The average molecular weight is 363 g/mol. The predicted molar refractivity (Wildman–Crippen MR) is 88.8 cm³/mol. The average Bonchev–Trinajstić information content (AvgIpc) is 2.94. The van der Waals surface area contributed by atoms with Crippen LogP contribution in [0.1, 0.15) is 18.9 Å². The molecular weight excluding hydrogens is 342 g/mol. The molecule has 1 saturated heterocycles. The first kappa shape index (κ1) is 19.4. The van der Waals surface area contributed by atoms with Crippen molar-refractivity contribution in [1.29, 1.82) is 0 Å². The summed E-state index contributed by atoms with van der Waals surface area (Å²) in [4.78, 5) is 50.0. The standard InChI is InChI=1S/C18H21NO7/c1-4-26-17(23)18(11-8-6-5-7-9-11)12(10-13(20)24-2)14(15(21)25-3)19-16(18)22/h5-9,12,14H,4,10H2,1-3H3,(H,19,22)/t12-,14+,18-/m1/s1. The van der Waals surface area contributed by atoms with Gasteiger partial charge in [-0.2, -0.15) is 0 Å². The third-order valence-electron chi connectivity index (χ3n) is 4.50. The van der Waals surface area contributed by atoms with Crippen LogP contribution in [0.15, 0.2) is 30.3 Å². The van der Waals surface area contributed by atoms with E-state index in [2.05, 4.69) is 5.32 Å². The molecule has 1 fully saturated rings. The number of hydrogen-bond acceptors (Lipinski definition) is 7. The van der Waals surface area contributed by atoms with Gasteiger partial charge < -0.3 is 19.5 Å². The highest BCUT2D eigenvalue weighted by molar-refractivity contribution is 6.13. The number of amides is 1. The van der Waals surface area contributed by atoms with Crippen molar-refractivity contribution in [2.75, 3.05) is 20.8 Å². The minimum Gasteiger partial charge on any atom is -0.469 e. The molecule has 2 rings (SSSR count). The molecule has 0 radical (unpaired) electrons. The number of hydrogen-bond donors (Lipinski definition) is 1. The lowest BCUT2D eigenvalue weighted by Gasteiger charge is -2.31. The number of benzene rings is 1. The molecule has 140 valence electrons. The predicted octanol–water partition coefficient (Wildman–Crippen LogP) is 0.338. The summed E-state index contributed by atoms with van der Waals surface area (Å²) in [6, 6.07) is 7.02. The fraction of sp³-hybridized carbons (Fsp3) is 0.444. The van der Waals surface area contributed by atoms with Crippen molar-refractivity contribution in [2.24, 2.45) is 5.92 Å². The summed E-state index contributed by atoms with van der Waals surface area (Å²) in [7, 11) is 2.35. The molecule has 1 heterocycles. The summed E-state index contributed by atoms with van der Waals surface area (Å²) in [5, 5.41) is 2.49. The van der Waals surface area contributed by atoms with Crippen LogP contribution in [0.2, 0.25) is 0 Å². The van der Waals surface area contributed by atoms with Gasteiger partial charge in [0.2, 0.25) is 5.91 Å². The second kappa shape index (κ2) is 7.99. The Morgan fingerprint density at radius 1 is 1.12 bits per heavy atom. The molecule has 0 spiro atoms. The van der Waals surface area contributed by atoms with Gasteiger partial charge in [0.05, 0.1) is 27.2 Å². The van der Waals surface area contributed by atoms with E-state index in [1.807, 2.05) is 0 Å². The van der Waals surface area contributed by atoms with E-state index in [0.29, 0.717) is 5.56 Å². The molecule has 0 aliphatic carbocycles. The molecule has 0 saturated carbocycles. The third-order valence-corrected chi connectivity index (χ3v) is 4.50. The zero-order valence-electron chi connectivity index (χ0n) is 14.8. The van der Waals surface area contributed by atoms with Crippen LogP contribution in [0.4, 0.5) is 0 Å². The second-order valence-corrected chi connectivity index (χ2v) is 5.76. The lowest BCUT2D eigenvalue weighted by molar-refractivity contribution is -0.156. The molecule has 26 heavy (non-hydrogen) atoms. The Kier molecular flexibility index (Phi) is 5.97. The summed E-state index contributed by atoms with van der Waals surface area (Å²) < 4.78 is 14.6. The van der Waals surface area contributed by atoms with Crippen LogP contribution in [-0.4, -0.2) is 50.7 Å². The Morgan fingerprint density at radius 2 is 1.77 bits per heavy atom. The normalized spacial score (nSPS) is 24.5. The van der Waals surface area contributed by atoms with Gasteiger partial charge >= 0.3 is 17.9 Å².